The van der Waals surface area contributed by atoms with E-state index in [1.54, 1.807) is 6.21 Å². The molecule has 0 atom stereocenters. The van der Waals surface area contributed by atoms with Crippen LogP contribution in [-0.4, -0.2) is 11.3 Å². The van der Waals surface area contributed by atoms with E-state index in [-0.39, 0.29) is 0 Å². The molecule has 0 aliphatic carbocycles. The summed E-state index contributed by atoms with van der Waals surface area (Å²) < 4.78 is 0. The van der Waals surface area contributed by atoms with Crippen molar-refractivity contribution in [3.05, 3.63) is 64.2 Å². The number of rotatable bonds is 3. The van der Waals surface area contributed by atoms with Gasteiger partial charge < -0.3 is 5.32 Å². The fraction of sp³-hybridized carbons (Fsp3) is 0.125. The number of hydrogen-bond acceptors (Lipinski definition) is 2. The van der Waals surface area contributed by atoms with Crippen molar-refractivity contribution in [3.8, 4) is 0 Å². The van der Waals surface area contributed by atoms with Crippen LogP contribution >= 0.6 is 23.8 Å². The molecule has 0 unspecified atom stereocenters. The van der Waals surface area contributed by atoms with Crippen LogP contribution in [0.2, 0.25) is 5.02 Å². The molecule has 108 valence electrons. The molecule has 5 heteroatoms. The Balaban J connectivity index is 1.95. The van der Waals surface area contributed by atoms with Crippen molar-refractivity contribution >= 4 is 40.8 Å². The van der Waals surface area contributed by atoms with Gasteiger partial charge in [0.15, 0.2) is 5.11 Å². The van der Waals surface area contributed by atoms with Crippen molar-refractivity contribution in [1.29, 1.82) is 0 Å². The zero-order chi connectivity index (χ0) is 15.2. The summed E-state index contributed by atoms with van der Waals surface area (Å²) in [4.78, 5) is 0. The lowest BCUT2D eigenvalue weighted by Gasteiger charge is -2.10. The van der Waals surface area contributed by atoms with Gasteiger partial charge in [0.1, 0.15) is 0 Å². The van der Waals surface area contributed by atoms with Crippen LogP contribution in [0.3, 0.4) is 0 Å². The third-order valence-electron chi connectivity index (χ3n) is 2.91. The molecule has 0 saturated carbocycles. The van der Waals surface area contributed by atoms with E-state index in [0.29, 0.717) is 10.1 Å². The maximum absolute atomic E-state index is 6.04. The molecule has 0 aliphatic heterocycles. The summed E-state index contributed by atoms with van der Waals surface area (Å²) in [6, 6.07) is 13.6. The molecule has 0 heterocycles. The van der Waals surface area contributed by atoms with Crippen LogP contribution in [0.15, 0.2) is 47.6 Å². The minimum Gasteiger partial charge on any atom is -0.331 e. The Kier molecular flexibility index (Phi) is 5.31. The van der Waals surface area contributed by atoms with Crippen molar-refractivity contribution in [2.45, 2.75) is 13.8 Å². The first-order valence-corrected chi connectivity index (χ1v) is 7.27. The first kappa shape index (κ1) is 15.5. The Morgan fingerprint density at radius 2 is 1.95 bits per heavy atom. The second-order valence-corrected chi connectivity index (χ2v) is 5.48. The van der Waals surface area contributed by atoms with Crippen LogP contribution in [0.1, 0.15) is 16.7 Å². The number of hydrazone groups is 1. The highest BCUT2D eigenvalue weighted by molar-refractivity contribution is 7.80. The lowest BCUT2D eigenvalue weighted by molar-refractivity contribution is 1.05. The number of aryl methyl sites for hydroxylation is 2. The Bertz CT molecular complexity index is 683. The Morgan fingerprint density at radius 1 is 1.19 bits per heavy atom. The molecule has 0 radical (unpaired) electrons. The van der Waals surface area contributed by atoms with E-state index in [1.165, 1.54) is 5.56 Å². The molecule has 2 rings (SSSR count). The summed E-state index contributed by atoms with van der Waals surface area (Å²) in [6.07, 6.45) is 1.64. The first-order chi connectivity index (χ1) is 10.1. The molecule has 3 nitrogen and oxygen atoms in total. The number of anilines is 1. The molecule has 0 fully saturated rings. The molecular formula is C16H16ClN3S. The zero-order valence-corrected chi connectivity index (χ0v) is 13.4. The van der Waals surface area contributed by atoms with Gasteiger partial charge in [0.25, 0.3) is 0 Å². The van der Waals surface area contributed by atoms with Gasteiger partial charge in [0.2, 0.25) is 0 Å². The van der Waals surface area contributed by atoms with Crippen LogP contribution in [-0.2, 0) is 0 Å². The van der Waals surface area contributed by atoms with Crippen LogP contribution in [0, 0.1) is 13.8 Å². The maximum Gasteiger partial charge on any atom is 0.191 e. The predicted octanol–water partition coefficient (Wildman–Crippen LogP) is 4.28. The van der Waals surface area contributed by atoms with Crippen molar-refractivity contribution in [2.24, 2.45) is 5.10 Å². The van der Waals surface area contributed by atoms with E-state index in [9.17, 15) is 0 Å². The second-order valence-electron chi connectivity index (χ2n) is 4.66. The molecule has 21 heavy (non-hydrogen) atoms. The minimum absolute atomic E-state index is 0.435. The van der Waals surface area contributed by atoms with Crippen molar-refractivity contribution < 1.29 is 0 Å². The first-order valence-electron chi connectivity index (χ1n) is 6.48. The Labute approximate surface area is 135 Å². The predicted molar refractivity (Wildman–Crippen MR) is 94.3 cm³/mol. The van der Waals surface area contributed by atoms with Gasteiger partial charge in [0, 0.05) is 16.3 Å². The molecule has 2 aromatic rings. The summed E-state index contributed by atoms with van der Waals surface area (Å²) in [6.45, 7) is 4.09. The number of halogens is 1. The molecule has 2 aromatic carbocycles. The molecule has 0 amide bonds. The smallest absolute Gasteiger partial charge is 0.191 e. The average molecular weight is 318 g/mol. The normalized spacial score (nSPS) is 10.6. The van der Waals surface area contributed by atoms with Crippen LogP contribution in [0.25, 0.3) is 0 Å². The largest absolute Gasteiger partial charge is 0.331 e. The highest BCUT2D eigenvalue weighted by Gasteiger charge is 2.00. The van der Waals surface area contributed by atoms with Crippen LogP contribution in [0.5, 0.6) is 0 Å². The van der Waals surface area contributed by atoms with Gasteiger partial charge in [-0.05, 0) is 43.8 Å². The summed E-state index contributed by atoms with van der Waals surface area (Å²) in [5.74, 6) is 0. The average Bonchev–Trinajstić information content (AvgIpc) is 2.44. The van der Waals surface area contributed by atoms with E-state index < -0.39 is 0 Å². The molecule has 0 saturated heterocycles. The van der Waals surface area contributed by atoms with E-state index in [4.69, 9.17) is 23.8 Å². The van der Waals surface area contributed by atoms with Crippen molar-refractivity contribution in [3.63, 3.8) is 0 Å². The topological polar surface area (TPSA) is 36.4 Å². The summed E-state index contributed by atoms with van der Waals surface area (Å²) in [7, 11) is 0. The number of nitrogens with one attached hydrogen (secondary N) is 2. The Morgan fingerprint density at radius 3 is 2.67 bits per heavy atom. The second kappa shape index (κ2) is 7.20. The third kappa shape index (κ3) is 4.55. The van der Waals surface area contributed by atoms with Crippen molar-refractivity contribution in [2.75, 3.05) is 5.32 Å². The van der Waals surface area contributed by atoms with E-state index in [0.717, 1.165) is 16.8 Å². The molecular weight excluding hydrogens is 302 g/mol. The fourth-order valence-electron chi connectivity index (χ4n) is 1.84. The van der Waals surface area contributed by atoms with Gasteiger partial charge in [-0.15, -0.1) is 0 Å². The van der Waals surface area contributed by atoms with E-state index in [2.05, 4.69) is 28.8 Å². The molecule has 0 spiro atoms. The van der Waals surface area contributed by atoms with Crippen LogP contribution in [0.4, 0.5) is 5.69 Å². The van der Waals surface area contributed by atoms with E-state index in [1.807, 2.05) is 43.3 Å². The van der Waals surface area contributed by atoms with Gasteiger partial charge in [0.05, 0.1) is 6.21 Å². The standard InChI is InChI=1S/C16H16ClN3S/c1-11-7-8-15(12(2)9-11)19-16(21)20-18-10-13-5-3-4-6-14(13)17/h3-10H,1-2H3,(H2,19,20,21)/b18-10+. The van der Waals surface area contributed by atoms with Crippen molar-refractivity contribution in [1.82, 2.24) is 5.43 Å². The third-order valence-corrected chi connectivity index (χ3v) is 3.44. The SMILES string of the molecule is Cc1ccc(NC(=S)N/N=C/c2ccccc2Cl)c(C)c1. The van der Waals surface area contributed by atoms with Gasteiger partial charge >= 0.3 is 0 Å². The van der Waals surface area contributed by atoms with Crippen LogP contribution < -0.4 is 10.7 Å². The van der Waals surface area contributed by atoms with Gasteiger partial charge in [-0.2, -0.15) is 5.10 Å². The van der Waals surface area contributed by atoms with Gasteiger partial charge in [-0.25, -0.2) is 0 Å². The van der Waals surface area contributed by atoms with E-state index >= 15 is 0 Å². The van der Waals surface area contributed by atoms with Gasteiger partial charge in [-0.1, -0.05) is 47.5 Å². The molecule has 0 bridgehead atoms. The molecule has 0 aromatic heterocycles. The number of benzene rings is 2. The number of thiocarbonyl (C=S) groups is 1. The summed E-state index contributed by atoms with van der Waals surface area (Å²) in [5, 5.41) is 8.28. The summed E-state index contributed by atoms with van der Waals surface area (Å²) >= 11 is 11.2. The zero-order valence-electron chi connectivity index (χ0n) is 11.9. The molecule has 0 aliphatic rings. The Hall–Kier alpha value is -1.91. The lowest BCUT2D eigenvalue weighted by Crippen LogP contribution is -2.24. The number of nitrogens with zero attached hydrogens (tertiary/aromatic N) is 1. The maximum atomic E-state index is 6.04. The molecule has 2 N–H and O–H groups in total. The summed E-state index contributed by atoms with van der Waals surface area (Å²) in [5.41, 5.74) is 6.93. The number of hydrogen-bond donors (Lipinski definition) is 2. The highest BCUT2D eigenvalue weighted by atomic mass is 35.5. The quantitative estimate of drug-likeness (QED) is 0.504. The highest BCUT2D eigenvalue weighted by Crippen LogP contribution is 2.15. The monoisotopic (exact) mass is 317 g/mol. The fourth-order valence-corrected chi connectivity index (χ4v) is 2.19. The van der Waals surface area contributed by atoms with Gasteiger partial charge in [-0.3, -0.25) is 5.43 Å². The lowest BCUT2D eigenvalue weighted by atomic mass is 10.1. The minimum atomic E-state index is 0.435.